The molecule has 0 aliphatic rings. The normalized spacial score (nSPS) is 14.8. The maximum Gasteiger partial charge on any atom is 0.0638 e. The zero-order chi connectivity index (χ0) is 14.3. The van der Waals surface area contributed by atoms with Gasteiger partial charge in [0.2, 0.25) is 0 Å². The van der Waals surface area contributed by atoms with Gasteiger partial charge >= 0.3 is 0 Å². The second kappa shape index (κ2) is 8.13. The van der Waals surface area contributed by atoms with Gasteiger partial charge in [-0.05, 0) is 32.1 Å². The van der Waals surface area contributed by atoms with E-state index in [2.05, 4.69) is 46.4 Å². The van der Waals surface area contributed by atoms with Crippen molar-refractivity contribution in [1.29, 1.82) is 0 Å². The highest BCUT2D eigenvalue weighted by atomic mass is 16.5. The van der Waals surface area contributed by atoms with Crippen LogP contribution in [-0.2, 0) is 4.74 Å². The smallest absolute Gasteiger partial charge is 0.0638 e. The summed E-state index contributed by atoms with van der Waals surface area (Å²) in [5.74, 6) is 1.34. The molecule has 0 aromatic carbocycles. The van der Waals surface area contributed by atoms with Crippen LogP contribution in [0.4, 0.5) is 0 Å². The molecule has 0 aromatic heterocycles. The van der Waals surface area contributed by atoms with E-state index in [0.717, 1.165) is 19.5 Å². The highest BCUT2D eigenvalue weighted by Gasteiger charge is 2.27. The first kappa shape index (κ1) is 17.9. The van der Waals surface area contributed by atoms with Gasteiger partial charge in [-0.1, -0.05) is 27.7 Å². The Labute approximate surface area is 114 Å². The van der Waals surface area contributed by atoms with E-state index >= 15 is 0 Å². The minimum atomic E-state index is -0.101. The van der Waals surface area contributed by atoms with E-state index in [1.807, 2.05) is 0 Å². The third-order valence-electron chi connectivity index (χ3n) is 3.27. The Morgan fingerprint density at radius 3 is 1.78 bits per heavy atom. The number of hydrogen-bond donors (Lipinski definition) is 1. The first-order chi connectivity index (χ1) is 8.21. The van der Waals surface area contributed by atoms with Gasteiger partial charge in [0.05, 0.1) is 5.60 Å². The zero-order valence-electron chi connectivity index (χ0n) is 13.5. The molecule has 18 heavy (non-hydrogen) atoms. The molecule has 0 amide bonds. The summed E-state index contributed by atoms with van der Waals surface area (Å²) in [4.78, 5) is 2.54. The predicted octanol–water partition coefficient (Wildman–Crippen LogP) is 2.74. The molecule has 0 saturated heterocycles. The molecular weight excluding hydrogens is 224 g/mol. The molecular formula is C15H34N2O. The minimum Gasteiger partial charge on any atom is -0.379 e. The van der Waals surface area contributed by atoms with Crippen LogP contribution in [0.1, 0.15) is 48.0 Å². The van der Waals surface area contributed by atoms with Gasteiger partial charge in [0.25, 0.3) is 0 Å². The molecule has 0 aliphatic carbocycles. The van der Waals surface area contributed by atoms with E-state index in [9.17, 15) is 0 Å². The topological polar surface area (TPSA) is 38.5 Å². The lowest BCUT2D eigenvalue weighted by Crippen LogP contribution is -2.48. The lowest BCUT2D eigenvalue weighted by Gasteiger charge is -2.37. The number of nitrogens with two attached hydrogens (primary N) is 1. The van der Waals surface area contributed by atoms with Crippen molar-refractivity contribution in [3.63, 3.8) is 0 Å². The molecule has 0 aliphatic heterocycles. The summed E-state index contributed by atoms with van der Waals surface area (Å²) in [5, 5.41) is 0. The van der Waals surface area contributed by atoms with Crippen molar-refractivity contribution < 1.29 is 4.74 Å². The number of nitrogens with zero attached hydrogens (tertiary/aromatic N) is 1. The fraction of sp³-hybridized carbons (Fsp3) is 1.00. The zero-order valence-corrected chi connectivity index (χ0v) is 13.5. The van der Waals surface area contributed by atoms with Crippen molar-refractivity contribution in [1.82, 2.24) is 4.90 Å². The van der Waals surface area contributed by atoms with Crippen LogP contribution in [0.3, 0.4) is 0 Å². The highest BCUT2D eigenvalue weighted by Crippen LogP contribution is 2.20. The molecule has 3 heteroatoms. The fourth-order valence-corrected chi connectivity index (χ4v) is 2.32. The van der Waals surface area contributed by atoms with Gasteiger partial charge in [0, 0.05) is 32.8 Å². The number of ether oxygens (including phenoxy) is 1. The molecule has 0 saturated carbocycles. The monoisotopic (exact) mass is 258 g/mol. The van der Waals surface area contributed by atoms with Crippen LogP contribution in [0.15, 0.2) is 0 Å². The molecule has 2 N–H and O–H groups in total. The number of methoxy groups -OCH3 is 1. The molecule has 1 unspecified atom stereocenters. The maximum atomic E-state index is 5.99. The Morgan fingerprint density at radius 1 is 1.06 bits per heavy atom. The van der Waals surface area contributed by atoms with Crippen LogP contribution in [0.25, 0.3) is 0 Å². The van der Waals surface area contributed by atoms with Crippen LogP contribution in [0.2, 0.25) is 0 Å². The molecule has 0 fully saturated rings. The Kier molecular flexibility index (Phi) is 8.08. The first-order valence-electron chi connectivity index (χ1n) is 7.21. The molecule has 0 rings (SSSR count). The van der Waals surface area contributed by atoms with Gasteiger partial charge in [-0.2, -0.15) is 0 Å². The second-order valence-electron chi connectivity index (χ2n) is 6.80. The number of rotatable bonds is 9. The summed E-state index contributed by atoms with van der Waals surface area (Å²) in [6.07, 6.45) is 0.986. The Balaban J connectivity index is 4.68. The van der Waals surface area contributed by atoms with E-state index in [-0.39, 0.29) is 5.60 Å². The van der Waals surface area contributed by atoms with Crippen LogP contribution in [0, 0.1) is 11.8 Å². The van der Waals surface area contributed by atoms with Crippen molar-refractivity contribution >= 4 is 0 Å². The Bertz CT molecular complexity index is 205. The molecule has 110 valence electrons. The van der Waals surface area contributed by atoms with Gasteiger partial charge in [-0.15, -0.1) is 0 Å². The van der Waals surface area contributed by atoms with E-state index in [1.165, 1.54) is 0 Å². The molecule has 0 radical (unpaired) electrons. The summed E-state index contributed by atoms with van der Waals surface area (Å²) in [6, 6.07) is 0.407. The summed E-state index contributed by atoms with van der Waals surface area (Å²) in [6.45, 7) is 16.3. The van der Waals surface area contributed by atoms with E-state index < -0.39 is 0 Å². The third-order valence-corrected chi connectivity index (χ3v) is 3.27. The lowest BCUT2D eigenvalue weighted by molar-refractivity contribution is -0.0107. The maximum absolute atomic E-state index is 5.99. The van der Waals surface area contributed by atoms with Crippen LogP contribution >= 0.6 is 0 Å². The van der Waals surface area contributed by atoms with Gasteiger partial charge in [0.1, 0.15) is 0 Å². The SMILES string of the molecule is COC(C)(C)CC(CN)N(CC(C)C)CC(C)C. The fourth-order valence-electron chi connectivity index (χ4n) is 2.32. The summed E-state index contributed by atoms with van der Waals surface area (Å²) in [7, 11) is 1.78. The van der Waals surface area contributed by atoms with Gasteiger partial charge in [-0.3, -0.25) is 4.90 Å². The van der Waals surface area contributed by atoms with Gasteiger partial charge in [0.15, 0.2) is 0 Å². The largest absolute Gasteiger partial charge is 0.379 e. The van der Waals surface area contributed by atoms with Crippen molar-refractivity contribution in [2.75, 3.05) is 26.7 Å². The van der Waals surface area contributed by atoms with Crippen molar-refractivity contribution in [3.8, 4) is 0 Å². The summed E-state index contributed by atoms with van der Waals surface area (Å²) < 4.78 is 5.55. The van der Waals surface area contributed by atoms with Gasteiger partial charge in [-0.25, -0.2) is 0 Å². The molecule has 3 nitrogen and oxygen atoms in total. The van der Waals surface area contributed by atoms with Crippen molar-refractivity contribution in [2.45, 2.75) is 59.6 Å². The third kappa shape index (κ3) is 7.34. The molecule has 0 spiro atoms. The average molecular weight is 258 g/mol. The van der Waals surface area contributed by atoms with Crippen LogP contribution < -0.4 is 5.73 Å². The second-order valence-corrected chi connectivity index (χ2v) is 6.80. The molecule has 0 heterocycles. The Morgan fingerprint density at radius 2 is 1.50 bits per heavy atom. The standard InChI is InChI=1S/C15H34N2O/c1-12(2)10-17(11-13(3)4)14(9-16)8-15(5,6)18-7/h12-14H,8-11,16H2,1-7H3. The van der Waals surface area contributed by atoms with E-state index in [4.69, 9.17) is 10.5 Å². The average Bonchev–Trinajstić information content (AvgIpc) is 2.23. The molecule has 0 aromatic rings. The van der Waals surface area contributed by atoms with Crippen molar-refractivity contribution in [3.05, 3.63) is 0 Å². The first-order valence-corrected chi connectivity index (χ1v) is 7.21. The number of hydrogen-bond acceptors (Lipinski definition) is 3. The molecule has 1 atom stereocenters. The summed E-state index contributed by atoms with van der Waals surface area (Å²) in [5.41, 5.74) is 5.89. The minimum absolute atomic E-state index is 0.101. The highest BCUT2D eigenvalue weighted by molar-refractivity contribution is 4.82. The van der Waals surface area contributed by atoms with E-state index in [0.29, 0.717) is 24.4 Å². The van der Waals surface area contributed by atoms with Crippen molar-refractivity contribution in [2.24, 2.45) is 17.6 Å². The van der Waals surface area contributed by atoms with Gasteiger partial charge < -0.3 is 10.5 Å². The lowest BCUT2D eigenvalue weighted by atomic mass is 9.96. The quantitative estimate of drug-likeness (QED) is 0.691. The van der Waals surface area contributed by atoms with E-state index in [1.54, 1.807) is 7.11 Å². The summed E-state index contributed by atoms with van der Waals surface area (Å²) >= 11 is 0. The Hall–Kier alpha value is -0.120. The molecule has 0 bridgehead atoms. The van der Waals surface area contributed by atoms with Crippen LogP contribution in [0.5, 0.6) is 0 Å². The van der Waals surface area contributed by atoms with Crippen LogP contribution in [-0.4, -0.2) is 43.3 Å². The predicted molar refractivity (Wildman–Crippen MR) is 79.8 cm³/mol.